The molecule has 104 valence electrons. The number of hydrogen-bond acceptors (Lipinski definition) is 4. The summed E-state index contributed by atoms with van der Waals surface area (Å²) in [5.74, 6) is 0.998. The van der Waals surface area contributed by atoms with Crippen LogP contribution in [-0.2, 0) is 0 Å². The molecule has 1 aromatic heterocycles. The van der Waals surface area contributed by atoms with Crippen LogP contribution in [0.3, 0.4) is 0 Å². The minimum atomic E-state index is 0.709. The first-order chi connectivity index (χ1) is 9.78. The van der Waals surface area contributed by atoms with E-state index < -0.39 is 0 Å². The van der Waals surface area contributed by atoms with Gasteiger partial charge in [-0.3, -0.25) is 0 Å². The van der Waals surface area contributed by atoms with Crippen LogP contribution in [0.4, 0.5) is 0 Å². The average Bonchev–Trinajstić information content (AvgIpc) is 2.50. The van der Waals surface area contributed by atoms with Crippen LogP contribution < -0.4 is 0 Å². The van der Waals surface area contributed by atoms with Crippen LogP contribution in [0.2, 0.25) is 0 Å². The zero-order chi connectivity index (χ0) is 14.4. The number of thioether (sulfide) groups is 1. The zero-order valence-electron chi connectivity index (χ0n) is 12.0. The topological polar surface area (TPSA) is 39.9 Å². The van der Waals surface area contributed by atoms with Crippen molar-refractivity contribution in [2.45, 2.75) is 18.9 Å². The smallest absolute Gasteiger partial charge is 0.0999 e. The first-order valence-corrected chi connectivity index (χ1v) is 7.92. The van der Waals surface area contributed by atoms with Gasteiger partial charge in [0, 0.05) is 17.7 Å². The molecule has 0 bridgehead atoms. The van der Waals surface area contributed by atoms with Gasteiger partial charge in [0.25, 0.3) is 0 Å². The van der Waals surface area contributed by atoms with E-state index in [0.717, 1.165) is 41.3 Å². The first kappa shape index (κ1) is 14.8. The molecule has 2 rings (SSSR count). The molecule has 0 radical (unpaired) electrons. The Morgan fingerprint density at radius 1 is 1.25 bits per heavy atom. The monoisotopic (exact) mass is 285 g/mol. The van der Waals surface area contributed by atoms with E-state index >= 15 is 0 Å². The van der Waals surface area contributed by atoms with Crippen LogP contribution in [0.15, 0.2) is 35.4 Å². The van der Waals surface area contributed by atoms with Crippen molar-refractivity contribution in [1.82, 2.24) is 9.88 Å². The molecule has 0 unspecified atom stereocenters. The van der Waals surface area contributed by atoms with Gasteiger partial charge in [-0.05, 0) is 25.2 Å². The Kier molecular flexibility index (Phi) is 5.40. The van der Waals surface area contributed by atoms with Gasteiger partial charge in [-0.25, -0.2) is 4.98 Å². The molecule has 0 aliphatic rings. The third-order valence-electron chi connectivity index (χ3n) is 3.37. The Hall–Kier alpha value is -1.57. The van der Waals surface area contributed by atoms with Crippen molar-refractivity contribution in [1.29, 1.82) is 5.26 Å². The second-order valence-electron chi connectivity index (χ2n) is 4.51. The fourth-order valence-electron chi connectivity index (χ4n) is 2.14. The van der Waals surface area contributed by atoms with E-state index in [-0.39, 0.29) is 0 Å². The fraction of sp³-hybridized carbons (Fsp3) is 0.375. The van der Waals surface area contributed by atoms with Crippen LogP contribution in [0.25, 0.3) is 10.9 Å². The molecule has 4 heteroatoms. The van der Waals surface area contributed by atoms with Gasteiger partial charge in [-0.2, -0.15) is 5.26 Å². The van der Waals surface area contributed by atoms with Crippen molar-refractivity contribution in [3.05, 3.63) is 35.9 Å². The number of nitriles is 1. The molecule has 1 heterocycles. The molecule has 20 heavy (non-hydrogen) atoms. The highest BCUT2D eigenvalue weighted by Crippen LogP contribution is 2.23. The lowest BCUT2D eigenvalue weighted by atomic mass is 10.1. The summed E-state index contributed by atoms with van der Waals surface area (Å²) in [4.78, 5) is 7.01. The molecule has 0 aliphatic heterocycles. The van der Waals surface area contributed by atoms with Crippen molar-refractivity contribution in [2.24, 2.45) is 0 Å². The van der Waals surface area contributed by atoms with Crippen molar-refractivity contribution < 1.29 is 0 Å². The lowest BCUT2D eigenvalue weighted by Gasteiger charge is -2.17. The molecule has 0 saturated carbocycles. The van der Waals surface area contributed by atoms with E-state index in [0.29, 0.717) is 5.56 Å². The summed E-state index contributed by atoms with van der Waals surface area (Å²) in [6.45, 7) is 7.55. The highest BCUT2D eigenvalue weighted by atomic mass is 32.2. The number of aromatic nitrogens is 1. The number of para-hydroxylation sites is 1. The molecule has 0 atom stereocenters. The Morgan fingerprint density at radius 2 is 2.00 bits per heavy atom. The molecule has 0 aliphatic carbocycles. The molecule has 0 amide bonds. The number of benzene rings is 1. The summed E-state index contributed by atoms with van der Waals surface area (Å²) in [5.41, 5.74) is 1.61. The fourth-order valence-corrected chi connectivity index (χ4v) is 3.06. The number of pyridine rings is 1. The number of nitrogens with zero attached hydrogens (tertiary/aromatic N) is 3. The molecular weight excluding hydrogens is 266 g/mol. The predicted molar refractivity (Wildman–Crippen MR) is 85.0 cm³/mol. The van der Waals surface area contributed by atoms with Gasteiger partial charge < -0.3 is 4.90 Å². The summed E-state index contributed by atoms with van der Waals surface area (Å²) in [7, 11) is 0. The average molecular weight is 285 g/mol. The first-order valence-electron chi connectivity index (χ1n) is 6.93. The summed E-state index contributed by atoms with van der Waals surface area (Å²) < 4.78 is 0. The zero-order valence-corrected chi connectivity index (χ0v) is 12.8. The molecule has 0 saturated heterocycles. The van der Waals surface area contributed by atoms with Crippen LogP contribution in [0.1, 0.15) is 19.4 Å². The third kappa shape index (κ3) is 3.50. The molecule has 1 aromatic carbocycles. The summed E-state index contributed by atoms with van der Waals surface area (Å²) in [5, 5.41) is 11.1. The largest absolute Gasteiger partial charge is 0.303 e. The predicted octanol–water partition coefficient (Wildman–Crippen LogP) is 3.54. The second kappa shape index (κ2) is 7.28. The van der Waals surface area contributed by atoms with Gasteiger partial charge >= 0.3 is 0 Å². The lowest BCUT2D eigenvalue weighted by Crippen LogP contribution is -2.25. The molecular formula is C16H19N3S. The Labute approximate surface area is 124 Å². The maximum Gasteiger partial charge on any atom is 0.0999 e. The van der Waals surface area contributed by atoms with E-state index in [1.807, 2.05) is 30.3 Å². The van der Waals surface area contributed by atoms with Crippen LogP contribution in [0.5, 0.6) is 0 Å². The van der Waals surface area contributed by atoms with E-state index in [1.165, 1.54) is 0 Å². The van der Waals surface area contributed by atoms with Crippen molar-refractivity contribution in [3.63, 3.8) is 0 Å². The Morgan fingerprint density at radius 3 is 2.70 bits per heavy atom. The number of rotatable bonds is 6. The molecule has 2 aromatic rings. The molecule has 0 N–H and O–H groups in total. The van der Waals surface area contributed by atoms with Crippen LogP contribution in [0, 0.1) is 11.3 Å². The van der Waals surface area contributed by atoms with Crippen molar-refractivity contribution in [3.8, 4) is 6.07 Å². The minimum absolute atomic E-state index is 0.709. The maximum absolute atomic E-state index is 9.25. The highest BCUT2D eigenvalue weighted by molar-refractivity contribution is 7.99. The van der Waals surface area contributed by atoms with Gasteiger partial charge in [0.1, 0.15) is 0 Å². The normalized spacial score (nSPS) is 10.9. The lowest BCUT2D eigenvalue weighted by molar-refractivity contribution is 0.324. The summed E-state index contributed by atoms with van der Waals surface area (Å²) >= 11 is 1.72. The minimum Gasteiger partial charge on any atom is -0.303 e. The number of hydrogen-bond donors (Lipinski definition) is 0. The Bertz CT molecular complexity index is 615. The quantitative estimate of drug-likeness (QED) is 0.761. The van der Waals surface area contributed by atoms with Crippen LogP contribution in [-0.4, -0.2) is 35.3 Å². The Balaban J connectivity index is 2.13. The standard InChI is InChI=1S/C16H19N3S/c1-3-19(4-2)9-10-20-16-11-13(12-17)14-7-5-6-8-15(14)18-16/h5-8,11H,3-4,9-10H2,1-2H3. The molecule has 0 fully saturated rings. The van der Waals surface area contributed by atoms with E-state index in [1.54, 1.807) is 11.8 Å². The van der Waals surface area contributed by atoms with Crippen LogP contribution >= 0.6 is 11.8 Å². The summed E-state index contributed by atoms with van der Waals surface area (Å²) in [6.07, 6.45) is 0. The third-order valence-corrected chi connectivity index (χ3v) is 4.26. The highest BCUT2D eigenvalue weighted by Gasteiger charge is 2.06. The SMILES string of the molecule is CCN(CC)CCSc1cc(C#N)c2ccccc2n1. The molecule has 0 spiro atoms. The van der Waals surface area contributed by atoms with Gasteiger partial charge in [0.05, 0.1) is 22.2 Å². The van der Waals surface area contributed by atoms with Crippen molar-refractivity contribution >= 4 is 22.7 Å². The van der Waals surface area contributed by atoms with Crippen molar-refractivity contribution in [2.75, 3.05) is 25.4 Å². The molecule has 3 nitrogen and oxygen atoms in total. The second-order valence-corrected chi connectivity index (χ2v) is 5.63. The maximum atomic E-state index is 9.25. The van der Waals surface area contributed by atoms with Gasteiger partial charge in [0.2, 0.25) is 0 Å². The summed E-state index contributed by atoms with van der Waals surface area (Å²) in [6, 6.07) is 12.0. The number of fused-ring (bicyclic) bond motifs is 1. The van der Waals surface area contributed by atoms with E-state index in [9.17, 15) is 5.26 Å². The van der Waals surface area contributed by atoms with E-state index in [4.69, 9.17) is 0 Å². The van der Waals surface area contributed by atoms with Gasteiger partial charge in [-0.15, -0.1) is 11.8 Å². The van der Waals surface area contributed by atoms with E-state index in [2.05, 4.69) is 29.8 Å². The van der Waals surface area contributed by atoms with Gasteiger partial charge in [0.15, 0.2) is 0 Å². The van der Waals surface area contributed by atoms with Gasteiger partial charge in [-0.1, -0.05) is 32.0 Å².